The lowest BCUT2D eigenvalue weighted by molar-refractivity contribution is 0.0583. The Labute approximate surface area is 141 Å². The number of benzene rings is 1. The van der Waals surface area contributed by atoms with Crippen LogP contribution in [-0.2, 0) is 0 Å². The number of rotatable bonds is 3. The molecular weight excluding hydrogens is 307 g/mol. The maximum atomic E-state index is 13.1. The largest absolute Gasteiger partial charge is 0.334 e. The molecule has 1 saturated heterocycles. The van der Waals surface area contributed by atoms with Crippen molar-refractivity contribution in [2.45, 2.75) is 45.2 Å². The van der Waals surface area contributed by atoms with E-state index < -0.39 is 0 Å². The molecule has 1 aromatic carbocycles. The molecule has 0 aliphatic carbocycles. The topological polar surface area (TPSA) is 64.2 Å². The van der Waals surface area contributed by atoms with Gasteiger partial charge in [0.1, 0.15) is 5.82 Å². The van der Waals surface area contributed by atoms with Gasteiger partial charge in [-0.1, -0.05) is 0 Å². The van der Waals surface area contributed by atoms with Crippen molar-refractivity contribution in [3.8, 4) is 5.69 Å². The van der Waals surface area contributed by atoms with Gasteiger partial charge in [0.2, 0.25) is 0 Å². The first kappa shape index (κ1) is 16.6. The molecule has 2 atom stereocenters. The van der Waals surface area contributed by atoms with Crippen LogP contribution in [-0.4, -0.2) is 39.2 Å². The molecule has 1 aliphatic heterocycles. The predicted octanol–water partition coefficient (Wildman–Crippen LogP) is 2.66. The fourth-order valence-corrected chi connectivity index (χ4v) is 3.37. The van der Waals surface area contributed by atoms with Crippen LogP contribution in [0, 0.1) is 12.7 Å². The average molecular weight is 330 g/mol. The Morgan fingerprint density at radius 3 is 2.71 bits per heavy atom. The average Bonchev–Trinajstić information content (AvgIpc) is 2.96. The zero-order valence-electron chi connectivity index (χ0n) is 14.1. The second-order valence-electron chi connectivity index (χ2n) is 6.45. The molecule has 128 valence electrons. The summed E-state index contributed by atoms with van der Waals surface area (Å²) in [7, 11) is 0. The SMILES string of the molecule is Cc1c(C(=O)N2CCCC[C@H]2[C@H](C)N)cnn1-c1ccc(F)cc1. The van der Waals surface area contributed by atoms with Crippen molar-refractivity contribution in [1.29, 1.82) is 0 Å². The van der Waals surface area contributed by atoms with E-state index in [0.717, 1.165) is 37.2 Å². The van der Waals surface area contributed by atoms with Crippen molar-refractivity contribution in [2.75, 3.05) is 6.54 Å². The van der Waals surface area contributed by atoms with Crippen molar-refractivity contribution < 1.29 is 9.18 Å². The van der Waals surface area contributed by atoms with E-state index in [-0.39, 0.29) is 23.8 Å². The van der Waals surface area contributed by atoms with Crippen molar-refractivity contribution >= 4 is 5.91 Å². The Morgan fingerprint density at radius 2 is 2.04 bits per heavy atom. The molecule has 0 bridgehead atoms. The van der Waals surface area contributed by atoms with Crippen LogP contribution < -0.4 is 5.73 Å². The van der Waals surface area contributed by atoms with Crippen LogP contribution in [0.15, 0.2) is 30.5 Å². The van der Waals surface area contributed by atoms with E-state index in [1.807, 2.05) is 18.7 Å². The molecule has 0 spiro atoms. The lowest BCUT2D eigenvalue weighted by Gasteiger charge is -2.38. The summed E-state index contributed by atoms with van der Waals surface area (Å²) in [6.45, 7) is 4.53. The number of piperidine rings is 1. The minimum Gasteiger partial charge on any atom is -0.334 e. The van der Waals surface area contributed by atoms with E-state index in [2.05, 4.69) is 5.10 Å². The summed E-state index contributed by atoms with van der Waals surface area (Å²) in [5.74, 6) is -0.323. The predicted molar refractivity (Wildman–Crippen MR) is 90.6 cm³/mol. The van der Waals surface area contributed by atoms with E-state index in [4.69, 9.17) is 5.73 Å². The number of carbonyl (C=O) groups is 1. The molecule has 0 radical (unpaired) electrons. The second kappa shape index (κ2) is 6.73. The lowest BCUT2D eigenvalue weighted by Crippen LogP contribution is -2.51. The van der Waals surface area contributed by atoms with Gasteiger partial charge in [0, 0.05) is 18.6 Å². The van der Waals surface area contributed by atoms with E-state index >= 15 is 0 Å². The number of nitrogens with zero attached hydrogens (tertiary/aromatic N) is 3. The molecule has 2 heterocycles. The van der Waals surface area contributed by atoms with Crippen LogP contribution in [0.2, 0.25) is 0 Å². The van der Waals surface area contributed by atoms with Gasteiger partial charge in [-0.3, -0.25) is 4.79 Å². The van der Waals surface area contributed by atoms with Gasteiger partial charge >= 0.3 is 0 Å². The van der Waals surface area contributed by atoms with Crippen molar-refractivity contribution in [2.24, 2.45) is 5.73 Å². The molecule has 5 nitrogen and oxygen atoms in total. The highest BCUT2D eigenvalue weighted by molar-refractivity contribution is 5.95. The van der Waals surface area contributed by atoms with Crippen LogP contribution in [0.5, 0.6) is 0 Å². The number of amides is 1. The summed E-state index contributed by atoms with van der Waals surface area (Å²) in [6, 6.07) is 6.08. The fourth-order valence-electron chi connectivity index (χ4n) is 3.37. The van der Waals surface area contributed by atoms with Gasteiger partial charge in [-0.25, -0.2) is 9.07 Å². The zero-order valence-corrected chi connectivity index (χ0v) is 14.1. The molecule has 3 rings (SSSR count). The first-order chi connectivity index (χ1) is 11.5. The zero-order chi connectivity index (χ0) is 17.3. The van der Waals surface area contributed by atoms with Gasteiger partial charge < -0.3 is 10.6 Å². The number of hydrogen-bond donors (Lipinski definition) is 1. The summed E-state index contributed by atoms with van der Waals surface area (Å²) in [5, 5.41) is 4.32. The van der Waals surface area contributed by atoms with E-state index in [9.17, 15) is 9.18 Å². The van der Waals surface area contributed by atoms with Crippen LogP contribution in [0.25, 0.3) is 5.69 Å². The third-order valence-electron chi connectivity index (χ3n) is 4.73. The highest BCUT2D eigenvalue weighted by atomic mass is 19.1. The van der Waals surface area contributed by atoms with Crippen LogP contribution in [0.3, 0.4) is 0 Å². The van der Waals surface area contributed by atoms with Gasteiger partial charge in [0.15, 0.2) is 0 Å². The van der Waals surface area contributed by atoms with Crippen molar-refractivity contribution in [3.05, 3.63) is 47.5 Å². The molecule has 1 fully saturated rings. The Hall–Kier alpha value is -2.21. The number of aromatic nitrogens is 2. The van der Waals surface area contributed by atoms with Crippen molar-refractivity contribution in [1.82, 2.24) is 14.7 Å². The molecule has 6 heteroatoms. The number of halogens is 1. The van der Waals surface area contributed by atoms with Gasteiger partial charge in [-0.2, -0.15) is 5.10 Å². The van der Waals surface area contributed by atoms with Crippen LogP contribution in [0.4, 0.5) is 4.39 Å². The lowest BCUT2D eigenvalue weighted by atomic mass is 9.96. The molecule has 0 unspecified atom stereocenters. The monoisotopic (exact) mass is 330 g/mol. The van der Waals surface area contributed by atoms with Crippen LogP contribution in [0.1, 0.15) is 42.2 Å². The summed E-state index contributed by atoms with van der Waals surface area (Å²) in [6.07, 6.45) is 4.63. The molecule has 2 aromatic rings. The quantitative estimate of drug-likeness (QED) is 0.941. The first-order valence-electron chi connectivity index (χ1n) is 8.36. The Kier molecular flexibility index (Phi) is 4.66. The normalized spacial score (nSPS) is 19.3. The maximum Gasteiger partial charge on any atom is 0.257 e. The highest BCUT2D eigenvalue weighted by Gasteiger charge is 2.31. The number of carbonyl (C=O) groups excluding carboxylic acids is 1. The van der Waals surface area contributed by atoms with E-state index in [1.54, 1.807) is 23.0 Å². The second-order valence-corrected chi connectivity index (χ2v) is 6.45. The standard InChI is InChI=1S/C18H23FN4O/c1-12(20)17-5-3-4-10-22(17)18(24)16-11-21-23(13(16)2)15-8-6-14(19)7-9-15/h6-9,11-12,17H,3-5,10,20H2,1-2H3/t12-,17-/m0/s1. The van der Waals surface area contributed by atoms with Gasteiger partial charge in [0.25, 0.3) is 5.91 Å². The van der Waals surface area contributed by atoms with Crippen molar-refractivity contribution in [3.63, 3.8) is 0 Å². The minimum atomic E-state index is -0.298. The van der Waals surface area contributed by atoms with E-state index in [1.165, 1.54) is 12.1 Å². The fraction of sp³-hybridized carbons (Fsp3) is 0.444. The van der Waals surface area contributed by atoms with Gasteiger partial charge in [-0.05, 0) is 57.4 Å². The smallest absolute Gasteiger partial charge is 0.257 e. The number of likely N-dealkylation sites (tertiary alicyclic amines) is 1. The number of hydrogen-bond acceptors (Lipinski definition) is 3. The Morgan fingerprint density at radius 1 is 1.33 bits per heavy atom. The van der Waals surface area contributed by atoms with Crippen LogP contribution >= 0.6 is 0 Å². The Balaban J connectivity index is 1.89. The van der Waals surface area contributed by atoms with E-state index in [0.29, 0.717) is 5.56 Å². The first-order valence-corrected chi connectivity index (χ1v) is 8.36. The molecule has 1 amide bonds. The molecule has 0 saturated carbocycles. The molecule has 1 aromatic heterocycles. The molecule has 24 heavy (non-hydrogen) atoms. The third-order valence-corrected chi connectivity index (χ3v) is 4.73. The third kappa shape index (κ3) is 3.06. The Bertz CT molecular complexity index is 723. The summed E-state index contributed by atoms with van der Waals surface area (Å²) in [4.78, 5) is 14.9. The molecule has 1 aliphatic rings. The minimum absolute atomic E-state index is 0.0251. The summed E-state index contributed by atoms with van der Waals surface area (Å²) >= 11 is 0. The highest BCUT2D eigenvalue weighted by Crippen LogP contribution is 2.23. The molecule has 2 N–H and O–H groups in total. The number of nitrogens with two attached hydrogens (primary N) is 1. The molecular formula is C18H23FN4O. The van der Waals surface area contributed by atoms with Gasteiger partial charge in [-0.15, -0.1) is 0 Å². The summed E-state index contributed by atoms with van der Waals surface area (Å²) < 4.78 is 14.8. The maximum absolute atomic E-state index is 13.1. The summed E-state index contributed by atoms with van der Waals surface area (Å²) in [5.41, 5.74) is 8.13. The van der Waals surface area contributed by atoms with Gasteiger partial charge in [0.05, 0.1) is 23.1 Å².